The fourth-order valence-electron chi connectivity index (χ4n) is 4.42. The minimum Gasteiger partial charge on any atom is -0.497 e. The molecule has 194 valence electrons. The van der Waals surface area contributed by atoms with Crippen LogP contribution in [0, 0.1) is 0 Å². The Morgan fingerprint density at radius 3 is 2.53 bits per heavy atom. The molecule has 0 atom stereocenters. The van der Waals surface area contributed by atoms with Gasteiger partial charge < -0.3 is 19.4 Å². The van der Waals surface area contributed by atoms with Crippen molar-refractivity contribution in [2.24, 2.45) is 0 Å². The first-order valence-electron chi connectivity index (χ1n) is 11.5. The number of amides is 1. The molecule has 2 heterocycles. The molecule has 2 aromatic carbocycles. The minimum atomic E-state index is -3.90. The second kappa shape index (κ2) is 10.6. The van der Waals surface area contributed by atoms with Crippen molar-refractivity contribution in [1.29, 1.82) is 0 Å². The highest BCUT2D eigenvalue weighted by Crippen LogP contribution is 2.29. The number of rotatable bonds is 7. The van der Waals surface area contributed by atoms with Gasteiger partial charge in [0.05, 0.1) is 12.0 Å². The number of carbonyl (C=O) groups is 1. The number of aromatic amines is 1. The summed E-state index contributed by atoms with van der Waals surface area (Å²) in [4.78, 5) is 20.2. The van der Waals surface area contributed by atoms with Crippen LogP contribution in [-0.4, -0.2) is 68.2 Å². The first-order valence-corrected chi connectivity index (χ1v) is 14.6. The number of carbonyl (C=O) groups excluding carboxylic acids is 1. The van der Waals surface area contributed by atoms with Crippen molar-refractivity contribution in [2.75, 3.05) is 33.3 Å². The first-order chi connectivity index (χ1) is 16.9. The van der Waals surface area contributed by atoms with Gasteiger partial charge in [0.1, 0.15) is 11.4 Å². The molecule has 11 heteroatoms. The first kappa shape index (κ1) is 26.8. The summed E-state index contributed by atoms with van der Waals surface area (Å²) in [5.41, 5.74) is 2.12. The molecule has 0 unspecified atom stereocenters. The van der Waals surface area contributed by atoms with Crippen LogP contribution in [0.5, 0.6) is 5.75 Å². The van der Waals surface area contributed by atoms with Crippen LogP contribution in [0.25, 0.3) is 10.9 Å². The largest absolute Gasteiger partial charge is 0.497 e. The topological polar surface area (TPSA) is 91.9 Å². The van der Waals surface area contributed by atoms with E-state index in [1.165, 1.54) is 11.6 Å². The highest BCUT2D eigenvalue weighted by molar-refractivity contribution is 9.10. The number of fused-ring (bicyclic) bond motifs is 1. The average molecular weight is 599 g/mol. The van der Waals surface area contributed by atoms with Crippen molar-refractivity contribution in [2.45, 2.75) is 37.3 Å². The van der Waals surface area contributed by atoms with Gasteiger partial charge in [0.2, 0.25) is 0 Å². The Hall–Kier alpha value is -2.27. The van der Waals surface area contributed by atoms with E-state index in [9.17, 15) is 13.2 Å². The Balaban J connectivity index is 1.33. The maximum absolute atomic E-state index is 12.9. The number of halogens is 2. The average Bonchev–Trinajstić information content (AvgIpc) is 3.21. The van der Waals surface area contributed by atoms with Gasteiger partial charge in [-0.1, -0.05) is 6.07 Å². The summed E-state index contributed by atoms with van der Waals surface area (Å²) in [6.07, 6.45) is 1.99. The maximum Gasteiger partial charge on any atom is 0.410 e. The van der Waals surface area contributed by atoms with Crippen molar-refractivity contribution < 1.29 is 22.7 Å². The summed E-state index contributed by atoms with van der Waals surface area (Å²) in [5, 5.41) is 1.14. The molecule has 0 aliphatic carbocycles. The lowest BCUT2D eigenvalue weighted by Gasteiger charge is -2.36. The highest BCUT2D eigenvalue weighted by atomic mass is 79.9. The number of aromatic nitrogens is 1. The third-order valence-corrected chi connectivity index (χ3v) is 8.57. The molecule has 1 fully saturated rings. The molecule has 1 saturated heterocycles. The van der Waals surface area contributed by atoms with Crippen LogP contribution in [-0.2, 0) is 26.8 Å². The van der Waals surface area contributed by atoms with E-state index in [2.05, 4.69) is 25.8 Å². The number of H-pyrrole nitrogens is 1. The second-order valence-electron chi connectivity index (χ2n) is 9.50. The van der Waals surface area contributed by atoms with Gasteiger partial charge in [-0.15, -0.1) is 0 Å². The van der Waals surface area contributed by atoms with Crippen molar-refractivity contribution in [1.82, 2.24) is 14.8 Å². The van der Waals surface area contributed by atoms with Crippen molar-refractivity contribution in [3.63, 3.8) is 0 Å². The Kier molecular flexibility index (Phi) is 7.89. The van der Waals surface area contributed by atoms with Crippen molar-refractivity contribution >= 4 is 52.7 Å². The molecule has 0 bridgehead atoms. The standard InChI is InChI=1S/C25H29BrClN3O5S/c1-25(2,14-17-4-6-21(26)23(12-17)36(27,32)33)35-24(31)30-10-8-29(9-11-30)16-18-15-28-22-7-5-19(34-3)13-20(18)22/h4-7,12-13,15,28H,8-11,14,16H2,1-3H3. The van der Waals surface area contributed by atoms with Gasteiger partial charge in [0, 0.05) is 71.4 Å². The van der Waals surface area contributed by atoms with Gasteiger partial charge in [-0.3, -0.25) is 4.90 Å². The fourth-order valence-corrected chi connectivity index (χ4v) is 6.56. The van der Waals surface area contributed by atoms with Gasteiger partial charge in [-0.2, -0.15) is 0 Å². The summed E-state index contributed by atoms with van der Waals surface area (Å²) < 4.78 is 35.2. The lowest BCUT2D eigenvalue weighted by molar-refractivity contribution is 0.00429. The molecule has 4 rings (SSSR count). The van der Waals surface area contributed by atoms with E-state index in [-0.39, 0.29) is 11.0 Å². The molecule has 1 aromatic heterocycles. The predicted octanol–water partition coefficient (Wildman–Crippen LogP) is 5.14. The van der Waals surface area contributed by atoms with E-state index in [1.54, 1.807) is 24.1 Å². The van der Waals surface area contributed by atoms with Crippen LogP contribution < -0.4 is 4.74 Å². The second-order valence-corrected chi connectivity index (χ2v) is 12.9. The number of hydrogen-bond acceptors (Lipinski definition) is 6. The van der Waals surface area contributed by atoms with Gasteiger partial charge in [-0.25, -0.2) is 13.2 Å². The van der Waals surface area contributed by atoms with Crippen molar-refractivity contribution in [3.8, 4) is 5.75 Å². The molecular formula is C25H29BrClN3O5S. The van der Waals surface area contributed by atoms with Crippen LogP contribution >= 0.6 is 26.6 Å². The number of methoxy groups -OCH3 is 1. The van der Waals surface area contributed by atoms with Crippen LogP contribution in [0.4, 0.5) is 4.79 Å². The monoisotopic (exact) mass is 597 g/mol. The normalized spacial score (nSPS) is 15.3. The van der Waals surface area contributed by atoms with Crippen molar-refractivity contribution in [3.05, 3.63) is 58.2 Å². The SMILES string of the molecule is COc1ccc2[nH]cc(CN3CCN(C(=O)OC(C)(C)Cc4ccc(Br)c(S(=O)(=O)Cl)c4)CC3)c2c1. The predicted molar refractivity (Wildman–Crippen MR) is 143 cm³/mol. The molecule has 0 radical (unpaired) electrons. The molecule has 8 nitrogen and oxygen atoms in total. The zero-order valence-electron chi connectivity index (χ0n) is 20.4. The van der Waals surface area contributed by atoms with Crippen LogP contribution in [0.15, 0.2) is 52.0 Å². The number of hydrogen-bond donors (Lipinski definition) is 1. The van der Waals surface area contributed by atoms with E-state index in [4.69, 9.17) is 20.2 Å². The summed E-state index contributed by atoms with van der Waals surface area (Å²) in [5.74, 6) is 0.821. The van der Waals surface area contributed by atoms with E-state index in [1.807, 2.05) is 38.2 Å². The van der Waals surface area contributed by atoms with E-state index >= 15 is 0 Å². The number of benzene rings is 2. The molecule has 1 amide bonds. The van der Waals surface area contributed by atoms with E-state index in [0.29, 0.717) is 29.5 Å². The number of piperazine rings is 1. The summed E-state index contributed by atoms with van der Waals surface area (Å²) in [6, 6.07) is 10.9. The summed E-state index contributed by atoms with van der Waals surface area (Å²) in [7, 11) is 3.30. The van der Waals surface area contributed by atoms with Gasteiger partial charge in [-0.05, 0) is 71.2 Å². The quantitative estimate of drug-likeness (QED) is 0.379. The number of nitrogens with zero attached hydrogens (tertiary/aromatic N) is 2. The molecular weight excluding hydrogens is 570 g/mol. The van der Waals surface area contributed by atoms with Gasteiger partial charge in [0.15, 0.2) is 0 Å². The molecule has 1 aliphatic rings. The zero-order valence-corrected chi connectivity index (χ0v) is 23.5. The van der Waals surface area contributed by atoms with Crippen LogP contribution in [0.2, 0.25) is 0 Å². The fraction of sp³-hybridized carbons (Fsp3) is 0.400. The Morgan fingerprint density at radius 2 is 1.86 bits per heavy atom. The third-order valence-electron chi connectivity index (χ3n) is 6.25. The number of nitrogens with one attached hydrogen (secondary N) is 1. The van der Waals surface area contributed by atoms with Gasteiger partial charge in [0.25, 0.3) is 9.05 Å². The Morgan fingerprint density at radius 1 is 1.14 bits per heavy atom. The highest BCUT2D eigenvalue weighted by Gasteiger charge is 2.29. The summed E-state index contributed by atoms with van der Waals surface area (Å²) >= 11 is 3.21. The smallest absolute Gasteiger partial charge is 0.410 e. The molecule has 3 aromatic rings. The van der Waals surface area contributed by atoms with E-state index in [0.717, 1.165) is 36.3 Å². The molecule has 36 heavy (non-hydrogen) atoms. The third kappa shape index (κ3) is 6.34. The Bertz CT molecular complexity index is 1370. The molecule has 0 spiro atoms. The zero-order chi connectivity index (χ0) is 26.1. The summed E-state index contributed by atoms with van der Waals surface area (Å²) in [6.45, 7) is 6.98. The molecule has 1 N–H and O–H groups in total. The lowest BCUT2D eigenvalue weighted by atomic mass is 9.98. The lowest BCUT2D eigenvalue weighted by Crippen LogP contribution is -2.50. The molecule has 1 aliphatic heterocycles. The Labute approximate surface area is 224 Å². The van der Waals surface area contributed by atoms with Gasteiger partial charge >= 0.3 is 6.09 Å². The number of ether oxygens (including phenoxy) is 2. The van der Waals surface area contributed by atoms with E-state index < -0.39 is 14.7 Å². The maximum atomic E-state index is 12.9. The van der Waals surface area contributed by atoms with Crippen LogP contribution in [0.1, 0.15) is 25.0 Å². The molecule has 0 saturated carbocycles. The van der Waals surface area contributed by atoms with Crippen LogP contribution in [0.3, 0.4) is 0 Å². The minimum absolute atomic E-state index is 0.00596.